The highest BCUT2D eigenvalue weighted by atomic mass is 16.3. The van der Waals surface area contributed by atoms with Crippen molar-refractivity contribution in [2.45, 2.75) is 6.54 Å². The summed E-state index contributed by atoms with van der Waals surface area (Å²) in [4.78, 5) is 25.8. The molecular formula is C18H15N5O3. The molecule has 3 aromatic heterocycles. The van der Waals surface area contributed by atoms with E-state index in [-0.39, 0.29) is 23.7 Å². The van der Waals surface area contributed by atoms with E-state index < -0.39 is 0 Å². The first-order chi connectivity index (χ1) is 12.7. The first-order valence-electron chi connectivity index (χ1n) is 8.05. The van der Waals surface area contributed by atoms with Gasteiger partial charge < -0.3 is 14.3 Å². The molecule has 0 fully saturated rings. The molecule has 0 radical (unpaired) electrons. The highest BCUT2D eigenvalue weighted by Gasteiger charge is 2.11. The van der Waals surface area contributed by atoms with Crippen LogP contribution in [0.5, 0.6) is 0 Å². The molecule has 3 heterocycles. The van der Waals surface area contributed by atoms with Crippen LogP contribution < -0.4 is 10.9 Å². The summed E-state index contributed by atoms with van der Waals surface area (Å²) in [5.74, 6) is -0.348. The Kier molecular flexibility index (Phi) is 4.06. The number of fused-ring (bicyclic) bond motifs is 1. The first kappa shape index (κ1) is 15.8. The van der Waals surface area contributed by atoms with Crippen LogP contribution in [0.2, 0.25) is 0 Å². The van der Waals surface area contributed by atoms with E-state index in [0.29, 0.717) is 12.1 Å². The molecule has 4 rings (SSSR count). The Morgan fingerprint density at radius 3 is 2.85 bits per heavy atom. The van der Waals surface area contributed by atoms with Gasteiger partial charge in [0.05, 0.1) is 18.1 Å². The molecule has 0 aliphatic heterocycles. The lowest BCUT2D eigenvalue weighted by Crippen LogP contribution is -2.30. The van der Waals surface area contributed by atoms with Crippen molar-refractivity contribution in [3.63, 3.8) is 0 Å². The van der Waals surface area contributed by atoms with Crippen LogP contribution >= 0.6 is 0 Å². The third-order valence-corrected chi connectivity index (χ3v) is 3.93. The molecule has 8 nitrogen and oxygen atoms in total. The molecule has 0 aliphatic carbocycles. The Bertz CT molecular complexity index is 1110. The maximum atomic E-state index is 12.2. The molecule has 1 amide bonds. The van der Waals surface area contributed by atoms with Gasteiger partial charge in [0.2, 0.25) is 0 Å². The third-order valence-electron chi connectivity index (χ3n) is 3.93. The molecule has 0 bridgehead atoms. The van der Waals surface area contributed by atoms with Gasteiger partial charge in [-0.05, 0) is 24.3 Å². The summed E-state index contributed by atoms with van der Waals surface area (Å²) in [5.41, 5.74) is 1.06. The van der Waals surface area contributed by atoms with Crippen LogP contribution in [0.25, 0.3) is 16.7 Å². The standard InChI is InChI=1S/C18H15N5O3/c24-17(15-12-20-23(21-15)14-4-2-1-3-5-14)19-8-10-22-9-6-13-7-11-26-16(13)18(22)25/h1-7,9,11-12H,8,10H2,(H,19,24). The van der Waals surface area contributed by atoms with Crippen LogP contribution in [0, 0.1) is 0 Å². The minimum Gasteiger partial charge on any atom is -0.459 e. The number of carbonyl (C=O) groups excluding carboxylic acids is 1. The molecule has 26 heavy (non-hydrogen) atoms. The van der Waals surface area contributed by atoms with Crippen LogP contribution in [0.15, 0.2) is 70.3 Å². The maximum Gasteiger partial charge on any atom is 0.294 e. The molecule has 1 N–H and O–H groups in total. The summed E-state index contributed by atoms with van der Waals surface area (Å²) in [7, 11) is 0. The highest BCUT2D eigenvalue weighted by Crippen LogP contribution is 2.09. The topological polar surface area (TPSA) is 95.0 Å². The van der Waals surface area contributed by atoms with Gasteiger partial charge in [0.15, 0.2) is 11.3 Å². The summed E-state index contributed by atoms with van der Waals surface area (Å²) in [6.07, 6.45) is 4.57. The van der Waals surface area contributed by atoms with Crippen molar-refractivity contribution in [1.82, 2.24) is 24.9 Å². The van der Waals surface area contributed by atoms with Crippen molar-refractivity contribution in [2.75, 3.05) is 6.54 Å². The number of hydrogen-bond acceptors (Lipinski definition) is 5. The van der Waals surface area contributed by atoms with Crippen molar-refractivity contribution in [2.24, 2.45) is 0 Å². The summed E-state index contributed by atoms with van der Waals surface area (Å²) in [5, 5.41) is 11.8. The van der Waals surface area contributed by atoms with Crippen LogP contribution in [0.1, 0.15) is 10.5 Å². The molecule has 0 atom stereocenters. The fourth-order valence-corrected chi connectivity index (χ4v) is 2.60. The van der Waals surface area contributed by atoms with Crippen molar-refractivity contribution in [3.8, 4) is 5.69 Å². The predicted octanol–water partition coefficient (Wildman–Crippen LogP) is 1.61. The molecule has 0 aliphatic rings. The minimum atomic E-state index is -0.348. The van der Waals surface area contributed by atoms with E-state index in [2.05, 4.69) is 15.5 Å². The zero-order valence-electron chi connectivity index (χ0n) is 13.7. The van der Waals surface area contributed by atoms with Crippen molar-refractivity contribution >= 4 is 16.9 Å². The third kappa shape index (κ3) is 3.00. The average Bonchev–Trinajstić information content (AvgIpc) is 3.34. The summed E-state index contributed by atoms with van der Waals surface area (Å²) < 4.78 is 6.68. The zero-order valence-corrected chi connectivity index (χ0v) is 13.7. The Labute approximate surface area is 147 Å². The molecule has 0 spiro atoms. The van der Waals surface area contributed by atoms with E-state index in [1.54, 1.807) is 18.3 Å². The monoisotopic (exact) mass is 349 g/mol. The van der Waals surface area contributed by atoms with Gasteiger partial charge in [-0.15, -0.1) is 5.10 Å². The molecule has 130 valence electrons. The zero-order chi connectivity index (χ0) is 17.9. The number of furan rings is 1. The van der Waals surface area contributed by atoms with E-state index in [4.69, 9.17) is 4.42 Å². The van der Waals surface area contributed by atoms with Crippen molar-refractivity contribution in [1.29, 1.82) is 0 Å². The molecule has 4 aromatic rings. The lowest BCUT2D eigenvalue weighted by Gasteiger charge is -2.06. The minimum absolute atomic E-state index is 0.211. The van der Waals surface area contributed by atoms with Crippen molar-refractivity contribution in [3.05, 3.63) is 77.2 Å². The largest absolute Gasteiger partial charge is 0.459 e. The fourth-order valence-electron chi connectivity index (χ4n) is 2.60. The molecule has 0 unspecified atom stereocenters. The van der Waals surface area contributed by atoms with Crippen LogP contribution in [0.4, 0.5) is 0 Å². The Morgan fingerprint density at radius 2 is 2.00 bits per heavy atom. The van der Waals surface area contributed by atoms with Gasteiger partial charge in [-0.1, -0.05) is 18.2 Å². The second-order valence-corrected chi connectivity index (χ2v) is 5.63. The normalized spacial score (nSPS) is 10.9. The van der Waals surface area contributed by atoms with E-state index in [1.807, 2.05) is 30.3 Å². The number of pyridine rings is 1. The van der Waals surface area contributed by atoms with Crippen LogP contribution in [-0.2, 0) is 6.54 Å². The number of carbonyl (C=O) groups is 1. The number of rotatable bonds is 5. The number of aromatic nitrogens is 4. The Hall–Kier alpha value is -3.68. The highest BCUT2D eigenvalue weighted by molar-refractivity contribution is 5.91. The number of hydrogen-bond donors (Lipinski definition) is 1. The summed E-state index contributed by atoms with van der Waals surface area (Å²) in [6, 6.07) is 12.9. The number of amides is 1. The fraction of sp³-hybridized carbons (Fsp3) is 0.111. The molecular weight excluding hydrogens is 334 g/mol. The van der Waals surface area contributed by atoms with Crippen LogP contribution in [0.3, 0.4) is 0 Å². The Balaban J connectivity index is 1.40. The SMILES string of the molecule is O=C(NCCn1ccc2ccoc2c1=O)c1cnn(-c2ccccc2)n1. The van der Waals surface area contributed by atoms with E-state index in [1.165, 1.54) is 21.8 Å². The van der Waals surface area contributed by atoms with E-state index >= 15 is 0 Å². The van der Waals surface area contributed by atoms with E-state index in [0.717, 1.165) is 11.1 Å². The van der Waals surface area contributed by atoms with E-state index in [9.17, 15) is 9.59 Å². The lowest BCUT2D eigenvalue weighted by atomic mass is 10.3. The maximum absolute atomic E-state index is 12.2. The van der Waals surface area contributed by atoms with Gasteiger partial charge >= 0.3 is 0 Å². The predicted molar refractivity (Wildman–Crippen MR) is 94.2 cm³/mol. The number of para-hydroxylation sites is 1. The molecule has 8 heteroatoms. The number of nitrogens with one attached hydrogen (secondary N) is 1. The number of nitrogens with zero attached hydrogens (tertiary/aromatic N) is 4. The smallest absolute Gasteiger partial charge is 0.294 e. The Morgan fingerprint density at radius 1 is 1.15 bits per heavy atom. The second kappa shape index (κ2) is 6.67. The summed E-state index contributed by atoms with van der Waals surface area (Å²) in [6.45, 7) is 0.608. The van der Waals surface area contributed by atoms with Gasteiger partial charge in [0.25, 0.3) is 11.5 Å². The van der Waals surface area contributed by atoms with Gasteiger partial charge in [-0.3, -0.25) is 9.59 Å². The van der Waals surface area contributed by atoms with Gasteiger partial charge in [-0.25, -0.2) is 0 Å². The van der Waals surface area contributed by atoms with Gasteiger partial charge in [0.1, 0.15) is 0 Å². The first-order valence-corrected chi connectivity index (χ1v) is 8.05. The molecule has 1 aromatic carbocycles. The number of benzene rings is 1. The lowest BCUT2D eigenvalue weighted by molar-refractivity contribution is 0.0947. The summed E-state index contributed by atoms with van der Waals surface area (Å²) >= 11 is 0. The van der Waals surface area contributed by atoms with Gasteiger partial charge in [-0.2, -0.15) is 9.90 Å². The van der Waals surface area contributed by atoms with Crippen molar-refractivity contribution < 1.29 is 9.21 Å². The van der Waals surface area contributed by atoms with Crippen LogP contribution in [-0.4, -0.2) is 32.0 Å². The average molecular weight is 349 g/mol. The second-order valence-electron chi connectivity index (χ2n) is 5.63. The van der Waals surface area contributed by atoms with Gasteiger partial charge in [0, 0.05) is 24.7 Å². The molecule has 0 saturated carbocycles. The quantitative estimate of drug-likeness (QED) is 0.590. The molecule has 0 saturated heterocycles.